The van der Waals surface area contributed by atoms with Crippen LogP contribution in [0, 0.1) is 0 Å². The molecule has 2 unspecified atom stereocenters. The lowest BCUT2D eigenvalue weighted by Crippen LogP contribution is -2.24. The van der Waals surface area contributed by atoms with E-state index in [2.05, 4.69) is 64.3 Å². The molecule has 18 heavy (non-hydrogen) atoms. The van der Waals surface area contributed by atoms with Crippen molar-refractivity contribution in [2.24, 2.45) is 0 Å². The Morgan fingerprint density at radius 2 is 2.06 bits per heavy atom. The first-order valence-corrected chi connectivity index (χ1v) is 7.79. The molecule has 1 aromatic heterocycles. The number of hydrogen-bond donors (Lipinski definition) is 1. The van der Waals surface area contributed by atoms with Gasteiger partial charge < -0.3 is 5.32 Å². The van der Waals surface area contributed by atoms with Gasteiger partial charge in [-0.15, -0.1) is 11.3 Å². The maximum Gasteiger partial charge on any atom is 0.109 e. The molecule has 0 bridgehead atoms. The molecule has 2 atom stereocenters. The van der Waals surface area contributed by atoms with Crippen LogP contribution >= 0.6 is 27.3 Å². The normalized spacial score (nSPS) is 14.4. The predicted molar refractivity (Wildman–Crippen MR) is 80.8 cm³/mol. The Bertz CT molecular complexity index is 467. The summed E-state index contributed by atoms with van der Waals surface area (Å²) in [6.45, 7) is 4.37. The predicted octanol–water partition coefficient (Wildman–Crippen LogP) is 4.71. The third-order valence-electron chi connectivity index (χ3n) is 2.95. The second-order valence-corrected chi connectivity index (χ2v) is 6.11. The fraction of sp³-hybridized carbons (Fsp3) is 0.357. The molecule has 4 heteroatoms. The maximum atomic E-state index is 4.36. The van der Waals surface area contributed by atoms with E-state index in [4.69, 9.17) is 0 Å². The highest BCUT2D eigenvalue weighted by atomic mass is 79.9. The molecule has 2 nitrogen and oxygen atoms in total. The zero-order chi connectivity index (χ0) is 13.0. The van der Waals surface area contributed by atoms with Crippen molar-refractivity contribution < 1.29 is 0 Å². The van der Waals surface area contributed by atoms with Gasteiger partial charge in [-0.3, -0.25) is 0 Å². The first kappa shape index (κ1) is 13.7. The number of nitrogens with zero attached hydrogens (tertiary/aromatic N) is 1. The van der Waals surface area contributed by atoms with Crippen LogP contribution in [-0.4, -0.2) is 4.98 Å². The fourth-order valence-electron chi connectivity index (χ4n) is 1.97. The molecule has 96 valence electrons. The smallest absolute Gasteiger partial charge is 0.109 e. The van der Waals surface area contributed by atoms with Crippen LogP contribution in [0.3, 0.4) is 0 Å². The standard InChI is InChI=1S/C14H17BrN2S/c1-3-13(11-4-6-12(15)7-5-11)17-10(2)14-16-8-9-18-14/h4-10,13,17H,3H2,1-2H3. The summed E-state index contributed by atoms with van der Waals surface area (Å²) in [6, 6.07) is 9.18. The van der Waals surface area contributed by atoms with Gasteiger partial charge in [0.1, 0.15) is 5.01 Å². The lowest BCUT2D eigenvalue weighted by molar-refractivity contribution is 0.455. The molecule has 0 spiro atoms. The van der Waals surface area contributed by atoms with Gasteiger partial charge in [-0.25, -0.2) is 4.98 Å². The molecule has 0 fully saturated rings. The zero-order valence-electron chi connectivity index (χ0n) is 10.6. The van der Waals surface area contributed by atoms with Crippen molar-refractivity contribution in [3.8, 4) is 0 Å². The molecule has 0 saturated heterocycles. The van der Waals surface area contributed by atoms with Crippen molar-refractivity contribution in [1.82, 2.24) is 10.3 Å². The summed E-state index contributed by atoms with van der Waals surface area (Å²) >= 11 is 5.17. The molecule has 0 aliphatic heterocycles. The minimum Gasteiger partial charge on any atom is -0.301 e. The van der Waals surface area contributed by atoms with Gasteiger partial charge >= 0.3 is 0 Å². The molecule has 1 N–H and O–H groups in total. The Morgan fingerprint density at radius 3 is 2.61 bits per heavy atom. The molecule has 1 heterocycles. The highest BCUT2D eigenvalue weighted by molar-refractivity contribution is 9.10. The van der Waals surface area contributed by atoms with E-state index in [0.29, 0.717) is 12.1 Å². The monoisotopic (exact) mass is 324 g/mol. The van der Waals surface area contributed by atoms with E-state index < -0.39 is 0 Å². The quantitative estimate of drug-likeness (QED) is 0.861. The van der Waals surface area contributed by atoms with E-state index in [0.717, 1.165) is 15.9 Å². The molecule has 0 saturated carbocycles. The van der Waals surface area contributed by atoms with Crippen molar-refractivity contribution in [3.05, 3.63) is 50.9 Å². The van der Waals surface area contributed by atoms with Crippen LogP contribution in [0.2, 0.25) is 0 Å². The summed E-state index contributed by atoms with van der Waals surface area (Å²) < 4.78 is 1.12. The highest BCUT2D eigenvalue weighted by Crippen LogP contribution is 2.24. The number of thiazole rings is 1. The number of benzene rings is 1. The third-order valence-corrected chi connectivity index (χ3v) is 4.44. The van der Waals surface area contributed by atoms with Gasteiger partial charge in [0.25, 0.3) is 0 Å². The third kappa shape index (κ3) is 3.40. The van der Waals surface area contributed by atoms with E-state index in [-0.39, 0.29) is 0 Å². The number of halogens is 1. The Kier molecular flexibility index (Phi) is 4.92. The van der Waals surface area contributed by atoms with Crippen molar-refractivity contribution in [2.45, 2.75) is 32.4 Å². The lowest BCUT2D eigenvalue weighted by atomic mass is 10.0. The molecule has 0 aliphatic carbocycles. The first-order valence-electron chi connectivity index (χ1n) is 6.11. The largest absolute Gasteiger partial charge is 0.301 e. The van der Waals surface area contributed by atoms with Gasteiger partial charge in [0.05, 0.1) is 6.04 Å². The van der Waals surface area contributed by atoms with Gasteiger partial charge in [-0.2, -0.15) is 0 Å². The van der Waals surface area contributed by atoms with E-state index in [9.17, 15) is 0 Å². The molecular formula is C14H17BrN2S. The number of aromatic nitrogens is 1. The van der Waals surface area contributed by atoms with E-state index in [1.807, 2.05) is 11.6 Å². The van der Waals surface area contributed by atoms with Gasteiger partial charge in [0.15, 0.2) is 0 Å². The van der Waals surface area contributed by atoms with Crippen molar-refractivity contribution in [1.29, 1.82) is 0 Å². The average molecular weight is 325 g/mol. The Hall–Kier alpha value is -0.710. The number of nitrogens with one attached hydrogen (secondary N) is 1. The van der Waals surface area contributed by atoms with Crippen LogP contribution in [0.25, 0.3) is 0 Å². The summed E-state index contributed by atoms with van der Waals surface area (Å²) in [4.78, 5) is 4.36. The SMILES string of the molecule is CCC(NC(C)c1nccs1)c1ccc(Br)cc1. The molecule has 1 aromatic carbocycles. The van der Waals surface area contributed by atoms with Gasteiger partial charge in [0, 0.05) is 22.1 Å². The van der Waals surface area contributed by atoms with Crippen LogP contribution < -0.4 is 5.32 Å². The summed E-state index contributed by atoms with van der Waals surface area (Å²) in [5.41, 5.74) is 1.32. The average Bonchev–Trinajstić information content (AvgIpc) is 2.91. The molecule has 0 aliphatic rings. The van der Waals surface area contributed by atoms with Gasteiger partial charge in [0.2, 0.25) is 0 Å². The first-order chi connectivity index (χ1) is 8.70. The van der Waals surface area contributed by atoms with Crippen LogP contribution in [-0.2, 0) is 0 Å². The summed E-state index contributed by atoms with van der Waals surface area (Å²) in [5.74, 6) is 0. The molecule has 0 amide bonds. The second kappa shape index (κ2) is 6.45. The highest BCUT2D eigenvalue weighted by Gasteiger charge is 2.15. The van der Waals surface area contributed by atoms with Crippen molar-refractivity contribution in [3.63, 3.8) is 0 Å². The van der Waals surface area contributed by atoms with Crippen LogP contribution in [0.15, 0.2) is 40.3 Å². The summed E-state index contributed by atoms with van der Waals surface area (Å²) in [5, 5.41) is 6.80. The minimum atomic E-state index is 0.290. The minimum absolute atomic E-state index is 0.290. The Morgan fingerprint density at radius 1 is 1.33 bits per heavy atom. The molecule has 0 radical (unpaired) electrons. The number of rotatable bonds is 5. The van der Waals surface area contributed by atoms with Gasteiger partial charge in [-0.05, 0) is 31.0 Å². The molecule has 2 rings (SSSR count). The van der Waals surface area contributed by atoms with E-state index >= 15 is 0 Å². The summed E-state index contributed by atoms with van der Waals surface area (Å²) in [6.07, 6.45) is 2.93. The van der Waals surface area contributed by atoms with E-state index in [1.54, 1.807) is 11.3 Å². The van der Waals surface area contributed by atoms with E-state index in [1.165, 1.54) is 5.56 Å². The van der Waals surface area contributed by atoms with Crippen LogP contribution in [0.4, 0.5) is 0 Å². The zero-order valence-corrected chi connectivity index (χ0v) is 13.0. The fourth-order valence-corrected chi connectivity index (χ4v) is 2.89. The van der Waals surface area contributed by atoms with Crippen molar-refractivity contribution >= 4 is 27.3 Å². The van der Waals surface area contributed by atoms with Crippen LogP contribution in [0.5, 0.6) is 0 Å². The Labute approximate surface area is 121 Å². The lowest BCUT2D eigenvalue weighted by Gasteiger charge is -2.21. The van der Waals surface area contributed by atoms with Gasteiger partial charge in [-0.1, -0.05) is 35.0 Å². The Balaban J connectivity index is 2.07. The maximum absolute atomic E-state index is 4.36. The number of hydrogen-bond acceptors (Lipinski definition) is 3. The second-order valence-electron chi connectivity index (χ2n) is 4.27. The molecular weight excluding hydrogens is 308 g/mol. The van der Waals surface area contributed by atoms with Crippen molar-refractivity contribution in [2.75, 3.05) is 0 Å². The molecule has 2 aromatic rings. The summed E-state index contributed by atoms with van der Waals surface area (Å²) in [7, 11) is 0. The topological polar surface area (TPSA) is 24.9 Å². The van der Waals surface area contributed by atoms with Crippen LogP contribution in [0.1, 0.15) is 42.9 Å².